The van der Waals surface area contributed by atoms with E-state index in [2.05, 4.69) is 5.48 Å². The van der Waals surface area contributed by atoms with Gasteiger partial charge in [0.15, 0.2) is 0 Å². The highest BCUT2D eigenvalue weighted by atomic mass is 16.5. The Morgan fingerprint density at radius 3 is 2.77 bits per heavy atom. The predicted molar refractivity (Wildman–Crippen MR) is 48.8 cm³/mol. The summed E-state index contributed by atoms with van der Waals surface area (Å²) in [4.78, 5) is 0. The largest absolute Gasteiger partial charge is 0.485 e. The third-order valence-electron chi connectivity index (χ3n) is 2.43. The number of para-hydroxylation sites is 1. The zero-order chi connectivity index (χ0) is 9.47. The lowest BCUT2D eigenvalue weighted by atomic mass is 9.95. The van der Waals surface area contributed by atoms with E-state index in [9.17, 15) is 0 Å². The molecular formula is C10H13NO2. The summed E-state index contributed by atoms with van der Waals surface area (Å²) < 4.78 is 5.68. The number of rotatable bonds is 1. The maximum Gasteiger partial charge on any atom is 0.125 e. The van der Waals surface area contributed by atoms with Gasteiger partial charge < -0.3 is 9.94 Å². The second kappa shape index (κ2) is 2.72. The molecular weight excluding hydrogens is 166 g/mol. The molecule has 3 heteroatoms. The molecule has 0 aliphatic carbocycles. The average Bonchev–Trinajstić information content (AvgIpc) is 2.33. The first kappa shape index (κ1) is 8.53. The molecule has 13 heavy (non-hydrogen) atoms. The molecule has 1 aromatic rings. The predicted octanol–water partition coefficient (Wildman–Crippen LogP) is 1.88. The Hall–Kier alpha value is -1.06. The van der Waals surface area contributed by atoms with Gasteiger partial charge in [0.1, 0.15) is 11.4 Å². The van der Waals surface area contributed by atoms with Crippen molar-refractivity contribution in [2.45, 2.75) is 25.5 Å². The van der Waals surface area contributed by atoms with E-state index in [1.807, 2.05) is 38.1 Å². The molecule has 1 aromatic carbocycles. The van der Waals surface area contributed by atoms with Crippen LogP contribution in [-0.4, -0.2) is 10.8 Å². The lowest BCUT2D eigenvalue weighted by molar-refractivity contribution is 0.0240. The Bertz CT molecular complexity index is 322. The van der Waals surface area contributed by atoms with Gasteiger partial charge in [0, 0.05) is 5.56 Å². The molecule has 3 nitrogen and oxygen atoms in total. The van der Waals surface area contributed by atoms with Crippen LogP contribution in [0, 0.1) is 0 Å². The first-order valence-corrected chi connectivity index (χ1v) is 4.33. The second-order valence-corrected chi connectivity index (χ2v) is 3.81. The number of ether oxygens (including phenoxy) is 1. The lowest BCUT2D eigenvalue weighted by Crippen LogP contribution is -2.37. The summed E-state index contributed by atoms with van der Waals surface area (Å²) in [6.07, 6.45) is 0. The van der Waals surface area contributed by atoms with Crippen molar-refractivity contribution < 1.29 is 9.94 Å². The highest BCUT2D eigenvalue weighted by Gasteiger charge is 2.40. The maximum atomic E-state index is 9.02. The minimum atomic E-state index is -0.390. The summed E-state index contributed by atoms with van der Waals surface area (Å²) in [7, 11) is 0. The summed E-state index contributed by atoms with van der Waals surface area (Å²) in [5.74, 6) is 0.846. The molecule has 1 aliphatic heterocycles. The van der Waals surface area contributed by atoms with Crippen molar-refractivity contribution in [3.63, 3.8) is 0 Å². The Balaban J connectivity index is 2.46. The summed E-state index contributed by atoms with van der Waals surface area (Å²) in [6.45, 7) is 3.89. The van der Waals surface area contributed by atoms with Gasteiger partial charge in [-0.2, -0.15) is 5.48 Å². The minimum Gasteiger partial charge on any atom is -0.485 e. The molecule has 1 unspecified atom stereocenters. The zero-order valence-electron chi connectivity index (χ0n) is 7.74. The van der Waals surface area contributed by atoms with Crippen LogP contribution >= 0.6 is 0 Å². The summed E-state index contributed by atoms with van der Waals surface area (Å²) in [6, 6.07) is 7.58. The van der Waals surface area contributed by atoms with Gasteiger partial charge in [0.05, 0.1) is 6.04 Å². The van der Waals surface area contributed by atoms with E-state index in [1.54, 1.807) is 0 Å². The van der Waals surface area contributed by atoms with Gasteiger partial charge in [0.2, 0.25) is 0 Å². The molecule has 0 amide bonds. The van der Waals surface area contributed by atoms with Gasteiger partial charge in [-0.15, -0.1) is 0 Å². The van der Waals surface area contributed by atoms with Gasteiger partial charge >= 0.3 is 0 Å². The van der Waals surface area contributed by atoms with Crippen molar-refractivity contribution in [1.82, 2.24) is 5.48 Å². The number of nitrogens with one attached hydrogen (secondary N) is 1. The highest BCUT2D eigenvalue weighted by molar-refractivity contribution is 5.41. The number of hydrogen-bond donors (Lipinski definition) is 2. The van der Waals surface area contributed by atoms with E-state index in [0.717, 1.165) is 11.3 Å². The van der Waals surface area contributed by atoms with Crippen LogP contribution in [0.4, 0.5) is 0 Å². The fraction of sp³-hybridized carbons (Fsp3) is 0.400. The van der Waals surface area contributed by atoms with E-state index in [0.29, 0.717) is 0 Å². The van der Waals surface area contributed by atoms with E-state index >= 15 is 0 Å². The van der Waals surface area contributed by atoms with Crippen LogP contribution in [0.15, 0.2) is 24.3 Å². The van der Waals surface area contributed by atoms with Crippen LogP contribution in [0.1, 0.15) is 25.5 Å². The molecule has 70 valence electrons. The molecule has 2 rings (SSSR count). The summed E-state index contributed by atoms with van der Waals surface area (Å²) in [5, 5.41) is 9.02. The third-order valence-corrected chi connectivity index (χ3v) is 2.43. The number of hydrogen-bond acceptors (Lipinski definition) is 3. The second-order valence-electron chi connectivity index (χ2n) is 3.81. The fourth-order valence-corrected chi connectivity index (χ4v) is 1.75. The summed E-state index contributed by atoms with van der Waals surface area (Å²) >= 11 is 0. The number of hydroxylamine groups is 1. The van der Waals surface area contributed by atoms with E-state index in [-0.39, 0.29) is 6.04 Å². The molecule has 0 spiro atoms. The Kier molecular flexibility index (Phi) is 1.78. The normalized spacial score (nSPS) is 23.8. The smallest absolute Gasteiger partial charge is 0.125 e. The van der Waals surface area contributed by atoms with Crippen LogP contribution in [-0.2, 0) is 0 Å². The van der Waals surface area contributed by atoms with Crippen LogP contribution in [0.3, 0.4) is 0 Å². The quantitative estimate of drug-likeness (QED) is 0.647. The van der Waals surface area contributed by atoms with Crippen LogP contribution < -0.4 is 10.2 Å². The maximum absolute atomic E-state index is 9.02. The summed E-state index contributed by atoms with van der Waals surface area (Å²) in [5.41, 5.74) is 2.90. The topological polar surface area (TPSA) is 41.5 Å². The molecule has 1 heterocycles. The van der Waals surface area contributed by atoms with Crippen LogP contribution in [0.5, 0.6) is 5.75 Å². The van der Waals surface area contributed by atoms with E-state index < -0.39 is 5.60 Å². The molecule has 0 radical (unpaired) electrons. The Morgan fingerprint density at radius 2 is 2.08 bits per heavy atom. The van der Waals surface area contributed by atoms with Crippen LogP contribution in [0.2, 0.25) is 0 Å². The van der Waals surface area contributed by atoms with Crippen molar-refractivity contribution in [3.05, 3.63) is 29.8 Å². The molecule has 0 saturated carbocycles. The van der Waals surface area contributed by atoms with Crippen LogP contribution in [0.25, 0.3) is 0 Å². The Labute approximate surface area is 77.3 Å². The number of benzene rings is 1. The zero-order valence-corrected chi connectivity index (χ0v) is 7.74. The van der Waals surface area contributed by atoms with Gasteiger partial charge in [-0.05, 0) is 19.9 Å². The fourth-order valence-electron chi connectivity index (χ4n) is 1.75. The van der Waals surface area contributed by atoms with Crippen molar-refractivity contribution in [2.75, 3.05) is 0 Å². The van der Waals surface area contributed by atoms with Crippen molar-refractivity contribution in [3.8, 4) is 5.75 Å². The van der Waals surface area contributed by atoms with Gasteiger partial charge in [-0.25, -0.2) is 0 Å². The van der Waals surface area contributed by atoms with Gasteiger partial charge in [-0.3, -0.25) is 0 Å². The van der Waals surface area contributed by atoms with Gasteiger partial charge in [0.25, 0.3) is 0 Å². The average molecular weight is 179 g/mol. The van der Waals surface area contributed by atoms with Crippen molar-refractivity contribution in [2.24, 2.45) is 0 Å². The standard InChI is InChI=1S/C10H13NO2/c1-10(2)9(11-12)7-5-3-4-6-8(7)13-10/h3-6,9,11-12H,1-2H3. The molecule has 1 atom stereocenters. The lowest BCUT2D eigenvalue weighted by Gasteiger charge is -2.24. The SMILES string of the molecule is CC1(C)Oc2ccccc2C1NO. The van der Waals surface area contributed by atoms with Crippen molar-refractivity contribution >= 4 is 0 Å². The molecule has 0 saturated heterocycles. The minimum absolute atomic E-state index is 0.149. The first-order valence-electron chi connectivity index (χ1n) is 4.33. The Morgan fingerprint density at radius 1 is 1.38 bits per heavy atom. The molecule has 0 fully saturated rings. The van der Waals surface area contributed by atoms with E-state index in [1.165, 1.54) is 0 Å². The van der Waals surface area contributed by atoms with Crippen molar-refractivity contribution in [1.29, 1.82) is 0 Å². The molecule has 0 aromatic heterocycles. The monoisotopic (exact) mass is 179 g/mol. The molecule has 0 bridgehead atoms. The first-order chi connectivity index (χ1) is 6.15. The molecule has 2 N–H and O–H groups in total. The third kappa shape index (κ3) is 1.20. The van der Waals surface area contributed by atoms with Gasteiger partial charge in [-0.1, -0.05) is 18.2 Å². The number of fused-ring (bicyclic) bond motifs is 1. The van der Waals surface area contributed by atoms with E-state index in [4.69, 9.17) is 9.94 Å². The molecule has 1 aliphatic rings. The highest BCUT2D eigenvalue weighted by Crippen LogP contribution is 2.42.